The summed E-state index contributed by atoms with van der Waals surface area (Å²) in [6.45, 7) is 6.90. The van der Waals surface area contributed by atoms with E-state index in [0.29, 0.717) is 54.5 Å². The molecular weight excluding hydrogens is 568 g/mol. The summed E-state index contributed by atoms with van der Waals surface area (Å²) in [6.07, 6.45) is 4.19. The van der Waals surface area contributed by atoms with Crippen molar-refractivity contribution < 1.29 is 23.7 Å². The molecule has 1 N–H and O–H groups in total. The number of hydrogen-bond acceptors (Lipinski definition) is 9. The number of nitrogens with zero attached hydrogens (tertiary/aromatic N) is 3. The summed E-state index contributed by atoms with van der Waals surface area (Å²) in [5.74, 6) is 2.64. The van der Waals surface area contributed by atoms with Gasteiger partial charge in [-0.05, 0) is 36.2 Å². The predicted molar refractivity (Wildman–Crippen MR) is 167 cm³/mol. The lowest BCUT2D eigenvalue weighted by Gasteiger charge is -2.27. The zero-order chi connectivity index (χ0) is 29.3. The van der Waals surface area contributed by atoms with Gasteiger partial charge in [0, 0.05) is 49.6 Å². The summed E-state index contributed by atoms with van der Waals surface area (Å²) in [7, 11) is 0. The molecule has 9 nitrogen and oxygen atoms in total. The van der Waals surface area contributed by atoms with E-state index in [1.807, 2.05) is 60.7 Å². The van der Waals surface area contributed by atoms with Crippen LogP contribution in [0.15, 0.2) is 67.0 Å². The number of hydrogen-bond donors (Lipinski definition) is 1. The Kier molecular flexibility index (Phi) is 10.1. The fraction of sp³-hybridized carbons (Fsp3) is 0.394. The molecule has 4 aromatic rings. The SMILES string of the molecule is Clc1cc(Nc2ncnc3cc(OCCCN4CCOCC4)c(OC4CCOCC4)cc23)ccc1OCc1ccccc1. The molecule has 2 fully saturated rings. The molecule has 2 aliphatic heterocycles. The van der Waals surface area contributed by atoms with E-state index in [4.69, 9.17) is 35.3 Å². The number of aromatic nitrogens is 2. The van der Waals surface area contributed by atoms with Crippen molar-refractivity contribution in [2.24, 2.45) is 0 Å². The smallest absolute Gasteiger partial charge is 0.163 e. The van der Waals surface area contributed by atoms with E-state index in [9.17, 15) is 0 Å². The first-order valence-corrected chi connectivity index (χ1v) is 15.3. The molecule has 0 amide bonds. The topological polar surface area (TPSA) is 87.2 Å². The average Bonchev–Trinajstić information content (AvgIpc) is 3.04. The van der Waals surface area contributed by atoms with E-state index in [-0.39, 0.29) is 6.10 Å². The molecule has 3 aromatic carbocycles. The van der Waals surface area contributed by atoms with E-state index in [1.165, 1.54) is 0 Å². The molecule has 0 spiro atoms. The summed E-state index contributed by atoms with van der Waals surface area (Å²) < 4.78 is 29.7. The monoisotopic (exact) mass is 604 g/mol. The molecule has 43 heavy (non-hydrogen) atoms. The van der Waals surface area contributed by atoms with Gasteiger partial charge in [0.15, 0.2) is 11.5 Å². The maximum atomic E-state index is 6.59. The second kappa shape index (κ2) is 14.7. The Balaban J connectivity index is 1.18. The normalized spacial score (nSPS) is 16.2. The molecule has 10 heteroatoms. The van der Waals surface area contributed by atoms with Gasteiger partial charge >= 0.3 is 0 Å². The highest BCUT2D eigenvalue weighted by Gasteiger charge is 2.20. The number of halogens is 1. The number of rotatable bonds is 12. The molecule has 226 valence electrons. The van der Waals surface area contributed by atoms with E-state index in [1.54, 1.807) is 6.33 Å². The number of ether oxygens (including phenoxy) is 5. The van der Waals surface area contributed by atoms with Crippen molar-refractivity contribution in [3.05, 3.63) is 77.6 Å². The lowest BCUT2D eigenvalue weighted by atomic mass is 10.1. The summed E-state index contributed by atoms with van der Waals surface area (Å²) in [6, 6.07) is 19.5. The van der Waals surface area contributed by atoms with Crippen LogP contribution in [0.3, 0.4) is 0 Å². The van der Waals surface area contributed by atoms with E-state index >= 15 is 0 Å². The van der Waals surface area contributed by atoms with Gasteiger partial charge in [-0.3, -0.25) is 4.90 Å². The van der Waals surface area contributed by atoms with Gasteiger partial charge in [-0.2, -0.15) is 0 Å². The fourth-order valence-corrected chi connectivity index (χ4v) is 5.44. The van der Waals surface area contributed by atoms with Gasteiger partial charge in [0.05, 0.1) is 43.6 Å². The van der Waals surface area contributed by atoms with Crippen LogP contribution in [-0.2, 0) is 16.1 Å². The van der Waals surface area contributed by atoms with Gasteiger partial charge in [0.2, 0.25) is 0 Å². The third kappa shape index (κ3) is 8.06. The molecule has 3 heterocycles. The number of nitrogens with one attached hydrogen (secondary N) is 1. The molecule has 0 unspecified atom stereocenters. The lowest BCUT2D eigenvalue weighted by Crippen LogP contribution is -2.37. The van der Waals surface area contributed by atoms with Gasteiger partial charge in [-0.1, -0.05) is 41.9 Å². The minimum atomic E-state index is 0.0603. The molecule has 6 rings (SSSR count). The first-order chi connectivity index (χ1) is 21.2. The predicted octanol–water partition coefficient (Wildman–Crippen LogP) is 6.26. The van der Waals surface area contributed by atoms with Crippen molar-refractivity contribution in [1.82, 2.24) is 14.9 Å². The van der Waals surface area contributed by atoms with Crippen LogP contribution in [-0.4, -0.2) is 73.6 Å². The number of morpholine rings is 1. The number of benzene rings is 3. The Morgan fingerprint density at radius 1 is 0.860 bits per heavy atom. The van der Waals surface area contributed by atoms with Crippen LogP contribution in [0, 0.1) is 0 Å². The average molecular weight is 605 g/mol. The van der Waals surface area contributed by atoms with Crippen LogP contribution in [0.5, 0.6) is 17.2 Å². The summed E-state index contributed by atoms with van der Waals surface area (Å²) in [5.41, 5.74) is 2.62. The van der Waals surface area contributed by atoms with E-state index in [0.717, 1.165) is 74.3 Å². The largest absolute Gasteiger partial charge is 0.490 e. The van der Waals surface area contributed by atoms with Crippen LogP contribution >= 0.6 is 11.6 Å². The third-order valence-electron chi connectivity index (χ3n) is 7.57. The fourth-order valence-electron chi connectivity index (χ4n) is 5.20. The number of fused-ring (bicyclic) bond motifs is 1. The number of anilines is 2. The zero-order valence-corrected chi connectivity index (χ0v) is 24.9. The summed E-state index contributed by atoms with van der Waals surface area (Å²) in [4.78, 5) is 11.5. The third-order valence-corrected chi connectivity index (χ3v) is 7.87. The highest BCUT2D eigenvalue weighted by molar-refractivity contribution is 6.32. The van der Waals surface area contributed by atoms with Gasteiger partial charge in [-0.25, -0.2) is 9.97 Å². The Morgan fingerprint density at radius 2 is 1.67 bits per heavy atom. The molecule has 0 saturated carbocycles. The minimum Gasteiger partial charge on any atom is -0.490 e. The Bertz CT molecular complexity index is 1480. The maximum absolute atomic E-state index is 6.59. The van der Waals surface area contributed by atoms with Gasteiger partial charge in [0.25, 0.3) is 0 Å². The summed E-state index contributed by atoms with van der Waals surface area (Å²) >= 11 is 6.59. The van der Waals surface area contributed by atoms with Crippen LogP contribution in [0.2, 0.25) is 5.02 Å². The van der Waals surface area contributed by atoms with Gasteiger partial charge in [-0.15, -0.1) is 0 Å². The quantitative estimate of drug-likeness (QED) is 0.188. The molecule has 0 aliphatic carbocycles. The minimum absolute atomic E-state index is 0.0603. The Labute approximate surface area is 257 Å². The lowest BCUT2D eigenvalue weighted by molar-refractivity contribution is 0.0240. The van der Waals surface area contributed by atoms with Crippen molar-refractivity contribution in [1.29, 1.82) is 0 Å². The van der Waals surface area contributed by atoms with Crippen LogP contribution in [0.25, 0.3) is 10.9 Å². The molecule has 0 radical (unpaired) electrons. The van der Waals surface area contributed by atoms with Crippen molar-refractivity contribution in [2.45, 2.75) is 32.0 Å². The molecule has 2 aliphatic rings. The molecular formula is C33H37ClN4O5. The Morgan fingerprint density at radius 3 is 2.49 bits per heavy atom. The highest BCUT2D eigenvalue weighted by atomic mass is 35.5. The summed E-state index contributed by atoms with van der Waals surface area (Å²) in [5, 5.41) is 4.74. The van der Waals surface area contributed by atoms with Crippen molar-refractivity contribution >= 4 is 34.0 Å². The maximum Gasteiger partial charge on any atom is 0.163 e. The first-order valence-electron chi connectivity index (χ1n) is 14.9. The molecule has 0 atom stereocenters. The van der Waals surface area contributed by atoms with Gasteiger partial charge in [0.1, 0.15) is 30.6 Å². The van der Waals surface area contributed by atoms with Crippen LogP contribution in [0.4, 0.5) is 11.5 Å². The molecule has 0 bridgehead atoms. The standard InChI is InChI=1S/C33H37ClN4O5/c34-28-19-25(7-8-30(28)42-22-24-5-2-1-3-6-24)37-33-27-20-32(43-26-9-15-39-16-10-26)31(21-29(27)35-23-36-33)41-14-4-11-38-12-17-40-18-13-38/h1-3,5-8,19-21,23,26H,4,9-18,22H2,(H,35,36,37). The van der Waals surface area contributed by atoms with Crippen LogP contribution < -0.4 is 19.5 Å². The molecule has 1 aromatic heterocycles. The van der Waals surface area contributed by atoms with E-state index < -0.39 is 0 Å². The van der Waals surface area contributed by atoms with Crippen molar-refractivity contribution in [2.75, 3.05) is 58.0 Å². The Hall–Kier alpha value is -3.63. The zero-order valence-electron chi connectivity index (χ0n) is 24.2. The molecule has 2 saturated heterocycles. The van der Waals surface area contributed by atoms with Crippen molar-refractivity contribution in [3.8, 4) is 17.2 Å². The highest BCUT2D eigenvalue weighted by Crippen LogP contribution is 2.37. The first kappa shape index (κ1) is 29.4. The van der Waals surface area contributed by atoms with Gasteiger partial charge < -0.3 is 29.0 Å². The second-order valence-corrected chi connectivity index (χ2v) is 11.1. The van der Waals surface area contributed by atoms with Crippen LogP contribution in [0.1, 0.15) is 24.8 Å². The van der Waals surface area contributed by atoms with Crippen molar-refractivity contribution in [3.63, 3.8) is 0 Å². The second-order valence-electron chi connectivity index (χ2n) is 10.7. The van der Waals surface area contributed by atoms with E-state index in [2.05, 4.69) is 20.2 Å².